The van der Waals surface area contributed by atoms with Gasteiger partial charge < -0.3 is 21.2 Å². The number of amides is 1. The van der Waals surface area contributed by atoms with Gasteiger partial charge in [0.25, 0.3) is 0 Å². The number of carbonyl (C=O) groups excluding carboxylic acids is 1. The molecule has 1 aromatic heterocycles. The number of oxime groups is 1. The van der Waals surface area contributed by atoms with Crippen LogP contribution in [-0.2, 0) is 11.3 Å². The highest BCUT2D eigenvalue weighted by molar-refractivity contribution is 7.07. The number of amidine groups is 1. The quantitative estimate of drug-likeness (QED) is 0.279. The third-order valence-electron chi connectivity index (χ3n) is 2.83. The van der Waals surface area contributed by atoms with Crippen LogP contribution in [0.2, 0.25) is 0 Å². The van der Waals surface area contributed by atoms with E-state index in [-0.39, 0.29) is 17.3 Å². The molecule has 110 valence electrons. The standard InChI is InChI=1S/C13H14N4O3S/c14-11(17-20)10(8-4-2-1-3-5-8)12(18)15-6-9-7-21-13(19)16-9/h1-5,7,10,20H,6H2,(H2,14,17)(H,15,18)(H,16,19). The molecular weight excluding hydrogens is 292 g/mol. The summed E-state index contributed by atoms with van der Waals surface area (Å²) < 4.78 is 0. The van der Waals surface area contributed by atoms with Crippen LogP contribution in [0.25, 0.3) is 0 Å². The average molecular weight is 306 g/mol. The molecule has 0 radical (unpaired) electrons. The van der Waals surface area contributed by atoms with Gasteiger partial charge in [0.05, 0.1) is 6.54 Å². The van der Waals surface area contributed by atoms with Crippen molar-refractivity contribution in [1.82, 2.24) is 10.3 Å². The lowest BCUT2D eigenvalue weighted by atomic mass is 9.97. The van der Waals surface area contributed by atoms with Crippen molar-refractivity contribution in [1.29, 1.82) is 0 Å². The molecule has 1 amide bonds. The summed E-state index contributed by atoms with van der Waals surface area (Å²) in [6.45, 7) is 0.166. The largest absolute Gasteiger partial charge is 0.409 e. The first-order valence-electron chi connectivity index (χ1n) is 6.08. The summed E-state index contributed by atoms with van der Waals surface area (Å²) in [6.07, 6.45) is 0. The highest BCUT2D eigenvalue weighted by Crippen LogP contribution is 2.16. The Morgan fingerprint density at radius 3 is 2.71 bits per heavy atom. The van der Waals surface area contributed by atoms with Crippen molar-refractivity contribution >= 4 is 23.1 Å². The summed E-state index contributed by atoms with van der Waals surface area (Å²) in [4.78, 5) is 25.7. The summed E-state index contributed by atoms with van der Waals surface area (Å²) in [5.41, 5.74) is 6.82. The maximum atomic E-state index is 12.3. The molecule has 0 aliphatic carbocycles. The van der Waals surface area contributed by atoms with Gasteiger partial charge in [0.2, 0.25) is 5.91 Å². The molecule has 21 heavy (non-hydrogen) atoms. The molecule has 1 unspecified atom stereocenters. The molecule has 0 aliphatic heterocycles. The second-order valence-corrected chi connectivity index (χ2v) is 5.10. The van der Waals surface area contributed by atoms with Crippen molar-refractivity contribution in [3.63, 3.8) is 0 Å². The van der Waals surface area contributed by atoms with E-state index in [4.69, 9.17) is 10.9 Å². The Morgan fingerprint density at radius 1 is 1.43 bits per heavy atom. The number of thiazole rings is 1. The van der Waals surface area contributed by atoms with E-state index in [1.165, 1.54) is 0 Å². The Morgan fingerprint density at radius 2 is 2.14 bits per heavy atom. The van der Waals surface area contributed by atoms with E-state index in [0.29, 0.717) is 11.3 Å². The second-order valence-electron chi connectivity index (χ2n) is 4.26. The van der Waals surface area contributed by atoms with Crippen molar-refractivity contribution in [2.75, 3.05) is 0 Å². The first kappa shape index (κ1) is 14.8. The van der Waals surface area contributed by atoms with Crippen LogP contribution in [0.1, 0.15) is 17.2 Å². The SMILES string of the molecule is N/C(=N/O)C(C(=O)NCc1csc(=O)[nH]1)c1ccccc1. The van der Waals surface area contributed by atoms with Crippen molar-refractivity contribution in [3.8, 4) is 0 Å². The first-order chi connectivity index (χ1) is 10.1. The maximum Gasteiger partial charge on any atom is 0.304 e. The number of carbonyl (C=O) groups is 1. The van der Waals surface area contributed by atoms with Crippen molar-refractivity contribution in [2.24, 2.45) is 10.9 Å². The Labute approximate surface area is 124 Å². The fourth-order valence-corrected chi connectivity index (χ4v) is 2.43. The number of benzene rings is 1. The van der Waals surface area contributed by atoms with Crippen molar-refractivity contribution in [2.45, 2.75) is 12.5 Å². The Kier molecular flexibility index (Phi) is 4.72. The summed E-state index contributed by atoms with van der Waals surface area (Å²) in [6, 6.07) is 8.76. The van der Waals surface area contributed by atoms with E-state index in [2.05, 4.69) is 15.5 Å². The zero-order valence-electron chi connectivity index (χ0n) is 10.9. The summed E-state index contributed by atoms with van der Waals surface area (Å²) in [5.74, 6) is -1.50. The van der Waals surface area contributed by atoms with E-state index in [9.17, 15) is 9.59 Å². The minimum atomic E-state index is -0.887. The van der Waals surface area contributed by atoms with Crippen LogP contribution < -0.4 is 15.9 Å². The number of nitrogens with zero attached hydrogens (tertiary/aromatic N) is 1. The van der Waals surface area contributed by atoms with Gasteiger partial charge in [0.1, 0.15) is 5.92 Å². The molecule has 2 aromatic rings. The van der Waals surface area contributed by atoms with Crippen LogP contribution >= 0.6 is 11.3 Å². The van der Waals surface area contributed by atoms with E-state index < -0.39 is 11.8 Å². The van der Waals surface area contributed by atoms with Gasteiger partial charge in [-0.05, 0) is 5.56 Å². The highest BCUT2D eigenvalue weighted by Gasteiger charge is 2.25. The lowest BCUT2D eigenvalue weighted by Crippen LogP contribution is -2.37. The number of hydrogen-bond donors (Lipinski definition) is 4. The number of aromatic nitrogens is 1. The lowest BCUT2D eigenvalue weighted by Gasteiger charge is -2.15. The minimum absolute atomic E-state index is 0.166. The predicted octanol–water partition coefficient (Wildman–Crippen LogP) is 0.583. The molecule has 0 fully saturated rings. The van der Waals surface area contributed by atoms with E-state index in [0.717, 1.165) is 11.3 Å². The van der Waals surface area contributed by atoms with Gasteiger partial charge in [0.15, 0.2) is 5.84 Å². The van der Waals surface area contributed by atoms with Gasteiger partial charge in [-0.1, -0.05) is 46.8 Å². The van der Waals surface area contributed by atoms with Crippen LogP contribution in [0.3, 0.4) is 0 Å². The Balaban J connectivity index is 2.13. The molecule has 5 N–H and O–H groups in total. The fourth-order valence-electron chi connectivity index (χ4n) is 1.84. The zero-order chi connectivity index (χ0) is 15.2. The summed E-state index contributed by atoms with van der Waals surface area (Å²) >= 11 is 1.02. The van der Waals surface area contributed by atoms with Crippen LogP contribution in [-0.4, -0.2) is 21.9 Å². The molecule has 8 heteroatoms. The number of H-pyrrole nitrogens is 1. The molecular formula is C13H14N4O3S. The van der Waals surface area contributed by atoms with Crippen LogP contribution in [0, 0.1) is 0 Å². The number of nitrogens with one attached hydrogen (secondary N) is 2. The maximum absolute atomic E-state index is 12.3. The fraction of sp³-hybridized carbons (Fsp3) is 0.154. The van der Waals surface area contributed by atoms with Crippen molar-refractivity contribution in [3.05, 3.63) is 56.6 Å². The monoisotopic (exact) mass is 306 g/mol. The number of aromatic amines is 1. The van der Waals surface area contributed by atoms with Gasteiger partial charge in [-0.25, -0.2) is 0 Å². The molecule has 1 heterocycles. The molecule has 0 saturated carbocycles. The Bertz CT molecular complexity index is 693. The van der Waals surface area contributed by atoms with Crippen LogP contribution in [0.15, 0.2) is 45.7 Å². The molecule has 0 saturated heterocycles. The molecule has 1 aromatic carbocycles. The van der Waals surface area contributed by atoms with Gasteiger partial charge in [0, 0.05) is 11.1 Å². The van der Waals surface area contributed by atoms with E-state index >= 15 is 0 Å². The molecule has 0 bridgehead atoms. The minimum Gasteiger partial charge on any atom is -0.409 e. The first-order valence-corrected chi connectivity index (χ1v) is 6.96. The summed E-state index contributed by atoms with van der Waals surface area (Å²) in [7, 11) is 0. The Hall–Kier alpha value is -2.61. The third kappa shape index (κ3) is 3.69. The van der Waals surface area contributed by atoms with Gasteiger partial charge >= 0.3 is 4.87 Å². The molecule has 0 spiro atoms. The van der Waals surface area contributed by atoms with E-state index in [1.54, 1.807) is 35.7 Å². The highest BCUT2D eigenvalue weighted by atomic mass is 32.1. The molecule has 2 rings (SSSR count). The predicted molar refractivity (Wildman–Crippen MR) is 79.4 cm³/mol. The van der Waals surface area contributed by atoms with E-state index in [1.807, 2.05) is 0 Å². The smallest absolute Gasteiger partial charge is 0.304 e. The van der Waals surface area contributed by atoms with Crippen molar-refractivity contribution < 1.29 is 10.0 Å². The molecule has 0 aliphatic rings. The lowest BCUT2D eigenvalue weighted by molar-refractivity contribution is -0.121. The number of rotatable bonds is 5. The summed E-state index contributed by atoms with van der Waals surface area (Å²) in [5, 5.41) is 16.0. The van der Waals surface area contributed by atoms with Gasteiger partial charge in [-0.3, -0.25) is 9.59 Å². The number of nitrogens with two attached hydrogens (primary N) is 1. The average Bonchev–Trinajstić information content (AvgIpc) is 2.92. The normalized spacial score (nSPS) is 12.9. The zero-order valence-corrected chi connectivity index (χ0v) is 11.8. The van der Waals surface area contributed by atoms with Crippen LogP contribution in [0.4, 0.5) is 0 Å². The van der Waals surface area contributed by atoms with Gasteiger partial charge in [-0.15, -0.1) is 0 Å². The van der Waals surface area contributed by atoms with Crippen LogP contribution in [0.5, 0.6) is 0 Å². The van der Waals surface area contributed by atoms with Gasteiger partial charge in [-0.2, -0.15) is 0 Å². The number of hydrogen-bond acceptors (Lipinski definition) is 5. The topological polar surface area (TPSA) is 121 Å². The molecule has 1 atom stereocenters. The third-order valence-corrected chi connectivity index (χ3v) is 3.55. The molecule has 7 nitrogen and oxygen atoms in total. The second kappa shape index (κ2) is 6.71.